The second-order valence-corrected chi connectivity index (χ2v) is 8.41. The van der Waals surface area contributed by atoms with Crippen molar-refractivity contribution in [2.24, 2.45) is 16.5 Å². The normalized spacial score (nSPS) is 11.8. The van der Waals surface area contributed by atoms with Crippen LogP contribution in [0.4, 0.5) is 5.69 Å². The first-order valence-electron chi connectivity index (χ1n) is 9.70. The molecule has 188 valence electrons. The molecule has 14 nitrogen and oxygen atoms in total. The van der Waals surface area contributed by atoms with Gasteiger partial charge in [-0.2, -0.15) is 17.9 Å². The summed E-state index contributed by atoms with van der Waals surface area (Å²) in [5, 5.41) is 17.7. The van der Waals surface area contributed by atoms with Crippen molar-refractivity contribution < 1.29 is 42.5 Å². The fourth-order valence-corrected chi connectivity index (χ4v) is 3.66. The Morgan fingerprint density at radius 1 is 1.09 bits per heavy atom. The number of carboxylic acids is 2. The lowest BCUT2D eigenvalue weighted by Gasteiger charge is -2.15. The first kappa shape index (κ1) is 27.0. The maximum absolute atomic E-state index is 12.4. The molecule has 2 aromatic carbocycles. The van der Waals surface area contributed by atoms with Crippen molar-refractivity contribution in [2.75, 3.05) is 7.11 Å². The molecule has 0 heterocycles. The van der Waals surface area contributed by atoms with Gasteiger partial charge in [0.15, 0.2) is 5.96 Å². The number of esters is 1. The fourth-order valence-electron chi connectivity index (χ4n) is 2.68. The number of methoxy groups -OCH3 is 1. The van der Waals surface area contributed by atoms with Crippen molar-refractivity contribution in [2.45, 2.75) is 19.0 Å². The summed E-state index contributed by atoms with van der Waals surface area (Å²) in [6.07, 6.45) is -0.948. The van der Waals surface area contributed by atoms with Gasteiger partial charge in [-0.3, -0.25) is 9.59 Å². The van der Waals surface area contributed by atoms with Crippen LogP contribution >= 0.6 is 0 Å². The predicted octanol–water partition coefficient (Wildman–Crippen LogP) is -0.329. The van der Waals surface area contributed by atoms with Gasteiger partial charge in [-0.15, -0.1) is 0 Å². The van der Waals surface area contributed by atoms with Gasteiger partial charge >= 0.3 is 17.9 Å². The number of ether oxygens (including phenoxy) is 2. The van der Waals surface area contributed by atoms with Crippen LogP contribution in [0.1, 0.15) is 22.3 Å². The molecule has 8 N–H and O–H groups in total. The highest BCUT2D eigenvalue weighted by Gasteiger charge is 2.26. The summed E-state index contributed by atoms with van der Waals surface area (Å²) in [5.41, 5.74) is 11.6. The summed E-state index contributed by atoms with van der Waals surface area (Å²) in [4.78, 5) is 38.0. The molecular formula is C20H23N5O9S. The van der Waals surface area contributed by atoms with E-state index < -0.39 is 40.6 Å². The zero-order valence-electron chi connectivity index (χ0n) is 18.3. The Hall–Kier alpha value is -4.21. The van der Waals surface area contributed by atoms with Gasteiger partial charge in [0.25, 0.3) is 10.2 Å². The number of rotatable bonds is 12. The van der Waals surface area contributed by atoms with Crippen LogP contribution < -0.4 is 30.4 Å². The lowest BCUT2D eigenvalue weighted by Crippen LogP contribution is -2.47. The highest BCUT2D eigenvalue weighted by molar-refractivity contribution is 7.87. The number of carbonyl (C=O) groups excluding carboxylic acids is 1. The van der Waals surface area contributed by atoms with Crippen LogP contribution in [0.3, 0.4) is 0 Å². The van der Waals surface area contributed by atoms with E-state index in [-0.39, 0.29) is 29.6 Å². The van der Waals surface area contributed by atoms with Crippen LogP contribution in [-0.4, -0.2) is 55.6 Å². The van der Waals surface area contributed by atoms with Gasteiger partial charge in [-0.25, -0.2) is 9.79 Å². The summed E-state index contributed by atoms with van der Waals surface area (Å²) < 4.78 is 38.6. The molecule has 0 aliphatic carbocycles. The molecule has 1 unspecified atom stereocenters. The molecule has 15 heteroatoms. The smallest absolute Gasteiger partial charge is 0.343 e. The molecule has 0 amide bonds. The summed E-state index contributed by atoms with van der Waals surface area (Å²) in [6.45, 7) is -0.335. The first-order chi connectivity index (χ1) is 16.4. The Bertz CT molecular complexity index is 1230. The molecule has 1 atom stereocenters. The lowest BCUT2D eigenvalue weighted by atomic mass is 10.2. The van der Waals surface area contributed by atoms with Gasteiger partial charge in [-0.05, 0) is 30.3 Å². The van der Waals surface area contributed by atoms with Gasteiger partial charge in [0, 0.05) is 18.2 Å². The maximum atomic E-state index is 12.4. The summed E-state index contributed by atoms with van der Waals surface area (Å²) in [7, 11) is -3.07. The SMILES string of the molecule is COc1cc(OC(=O)c2ccc(N=C(N)N)cc2)ccc1CNS(=O)(=O)NC(CC(=O)O)C(=O)O. The molecule has 0 aliphatic rings. The zero-order chi connectivity index (χ0) is 26.2. The number of guanidine groups is 1. The summed E-state index contributed by atoms with van der Waals surface area (Å²) in [6, 6.07) is 8.29. The number of nitrogens with zero attached hydrogens (tertiary/aromatic N) is 1. The molecule has 0 bridgehead atoms. The van der Waals surface area contributed by atoms with E-state index >= 15 is 0 Å². The van der Waals surface area contributed by atoms with Crippen LogP contribution in [0, 0.1) is 0 Å². The van der Waals surface area contributed by atoms with E-state index in [1.807, 2.05) is 0 Å². The number of hydrogen-bond acceptors (Lipinski definition) is 8. The maximum Gasteiger partial charge on any atom is 0.343 e. The number of carbonyl (C=O) groups is 3. The Morgan fingerprint density at radius 2 is 1.74 bits per heavy atom. The number of nitrogens with two attached hydrogens (primary N) is 2. The molecule has 0 radical (unpaired) electrons. The summed E-state index contributed by atoms with van der Waals surface area (Å²) >= 11 is 0. The highest BCUT2D eigenvalue weighted by atomic mass is 32.2. The molecule has 0 fully saturated rings. The molecule has 0 aromatic heterocycles. The Labute approximate surface area is 199 Å². The quantitative estimate of drug-likeness (QED) is 0.0938. The van der Waals surface area contributed by atoms with Gasteiger partial charge < -0.3 is 31.2 Å². The van der Waals surface area contributed by atoms with Gasteiger partial charge in [0.1, 0.15) is 17.5 Å². The molecule has 2 aromatic rings. The van der Waals surface area contributed by atoms with E-state index in [4.69, 9.17) is 31.2 Å². The Kier molecular flexibility index (Phi) is 9.10. The number of aliphatic imine (C=N–C) groups is 1. The molecule has 0 aliphatic heterocycles. The number of aliphatic carboxylic acids is 2. The van der Waals surface area contributed by atoms with Crippen molar-refractivity contribution >= 4 is 39.8 Å². The van der Waals surface area contributed by atoms with Gasteiger partial charge in [0.05, 0.1) is 24.8 Å². The lowest BCUT2D eigenvalue weighted by molar-refractivity contribution is -0.145. The third-order valence-electron chi connectivity index (χ3n) is 4.26. The minimum absolute atomic E-state index is 0.109. The first-order valence-corrected chi connectivity index (χ1v) is 11.2. The number of hydrogen-bond donors (Lipinski definition) is 6. The van der Waals surface area contributed by atoms with E-state index in [1.54, 1.807) is 4.72 Å². The van der Waals surface area contributed by atoms with Crippen LogP contribution in [-0.2, 0) is 26.3 Å². The standard InChI is InChI=1S/C20H23N5O9S/c1-33-16-8-14(34-19(30)11-2-5-13(6-3-11)24-20(21)22)7-4-12(16)10-23-35(31,32)25-15(18(28)29)9-17(26)27/h2-8,15,23,25H,9-10H2,1H3,(H,26,27)(H,28,29)(H4,21,22,24). The highest BCUT2D eigenvalue weighted by Crippen LogP contribution is 2.26. The Balaban J connectivity index is 2.07. The topological polar surface area (TPSA) is 233 Å². The van der Waals surface area contributed by atoms with Gasteiger partial charge in [-0.1, -0.05) is 6.07 Å². The van der Waals surface area contributed by atoms with E-state index in [0.717, 1.165) is 0 Å². The third kappa shape index (κ3) is 8.58. The predicted molar refractivity (Wildman–Crippen MR) is 122 cm³/mol. The van der Waals surface area contributed by atoms with Crippen molar-refractivity contribution in [3.05, 3.63) is 53.6 Å². The monoisotopic (exact) mass is 509 g/mol. The van der Waals surface area contributed by atoms with E-state index in [9.17, 15) is 22.8 Å². The summed E-state index contributed by atoms with van der Waals surface area (Å²) in [5.74, 6) is -3.67. The molecule has 0 spiro atoms. The van der Waals surface area contributed by atoms with Crippen molar-refractivity contribution in [1.29, 1.82) is 0 Å². The average Bonchev–Trinajstić information content (AvgIpc) is 2.77. The third-order valence-corrected chi connectivity index (χ3v) is 5.38. The van der Waals surface area contributed by atoms with Crippen LogP contribution in [0.5, 0.6) is 11.5 Å². The van der Waals surface area contributed by atoms with Crippen LogP contribution in [0.15, 0.2) is 47.5 Å². The minimum Gasteiger partial charge on any atom is -0.496 e. The Morgan fingerprint density at radius 3 is 2.29 bits per heavy atom. The molecule has 0 saturated heterocycles. The molecule has 2 rings (SSSR count). The van der Waals surface area contributed by atoms with Crippen LogP contribution in [0.2, 0.25) is 0 Å². The minimum atomic E-state index is -4.38. The number of benzene rings is 2. The van der Waals surface area contributed by atoms with E-state index in [1.165, 1.54) is 49.6 Å². The van der Waals surface area contributed by atoms with E-state index in [0.29, 0.717) is 11.3 Å². The average molecular weight is 509 g/mol. The van der Waals surface area contributed by atoms with Gasteiger partial charge in [0.2, 0.25) is 0 Å². The molecular weight excluding hydrogens is 486 g/mol. The number of nitrogens with one attached hydrogen (secondary N) is 2. The van der Waals surface area contributed by atoms with Crippen molar-refractivity contribution in [1.82, 2.24) is 9.44 Å². The van der Waals surface area contributed by atoms with Crippen molar-refractivity contribution in [3.8, 4) is 11.5 Å². The largest absolute Gasteiger partial charge is 0.496 e. The second kappa shape index (κ2) is 11.8. The molecule has 0 saturated carbocycles. The van der Waals surface area contributed by atoms with Crippen molar-refractivity contribution in [3.63, 3.8) is 0 Å². The molecule has 35 heavy (non-hydrogen) atoms. The fraction of sp³-hybridized carbons (Fsp3) is 0.200. The second-order valence-electron chi connectivity index (χ2n) is 6.88. The van der Waals surface area contributed by atoms with E-state index in [2.05, 4.69) is 9.71 Å². The van der Waals surface area contributed by atoms with Crippen LogP contribution in [0.25, 0.3) is 0 Å². The number of carboxylic acid groups (broad SMARTS) is 2. The zero-order valence-corrected chi connectivity index (χ0v) is 19.1.